The molecule has 0 radical (unpaired) electrons. The Morgan fingerprint density at radius 1 is 1.20 bits per heavy atom. The largest absolute Gasteiger partial charge is 0.392 e. The van der Waals surface area contributed by atoms with Crippen molar-refractivity contribution in [3.8, 4) is 11.3 Å². The maximum Gasteiger partial charge on any atom is 0.226 e. The molecule has 35 heavy (non-hydrogen) atoms. The predicted octanol–water partition coefficient (Wildman–Crippen LogP) is 3.81. The summed E-state index contributed by atoms with van der Waals surface area (Å²) in [7, 11) is 1.87. The predicted molar refractivity (Wildman–Crippen MR) is 132 cm³/mol. The molecule has 3 aromatic heterocycles. The van der Waals surface area contributed by atoms with E-state index in [1.807, 2.05) is 57.6 Å². The zero-order valence-corrected chi connectivity index (χ0v) is 20.5. The second kappa shape index (κ2) is 8.03. The number of anilines is 1. The quantitative estimate of drug-likeness (QED) is 0.415. The SMILES string of the molecule is Cn1ccc(-c2cn([C@@H]3C[C@H](c4cccc(CO)c4)[C@H]4OC(C)(C)O[C@H]43)c3nc(Cl)nc(N)c23)n1. The third-order valence-electron chi connectivity index (χ3n) is 7.02. The maximum absolute atomic E-state index is 9.68. The summed E-state index contributed by atoms with van der Waals surface area (Å²) in [6, 6.07) is 9.87. The Labute approximate surface area is 207 Å². The van der Waals surface area contributed by atoms with E-state index in [-0.39, 0.29) is 36.1 Å². The summed E-state index contributed by atoms with van der Waals surface area (Å²) in [6.45, 7) is 3.87. The molecule has 9 nitrogen and oxygen atoms in total. The number of nitrogens with two attached hydrogens (primary N) is 1. The molecule has 0 spiro atoms. The second-order valence-electron chi connectivity index (χ2n) is 9.78. The summed E-state index contributed by atoms with van der Waals surface area (Å²) in [5.41, 5.74) is 10.6. The van der Waals surface area contributed by atoms with E-state index in [0.717, 1.165) is 28.8 Å². The van der Waals surface area contributed by atoms with E-state index in [9.17, 15) is 5.11 Å². The van der Waals surface area contributed by atoms with Crippen LogP contribution in [0.2, 0.25) is 5.28 Å². The number of aliphatic hydroxyl groups is 1. The molecule has 1 aliphatic carbocycles. The Kier molecular flexibility index (Phi) is 5.16. The van der Waals surface area contributed by atoms with E-state index < -0.39 is 5.79 Å². The van der Waals surface area contributed by atoms with Gasteiger partial charge in [0.25, 0.3) is 0 Å². The van der Waals surface area contributed by atoms with Crippen molar-refractivity contribution in [1.82, 2.24) is 24.3 Å². The molecule has 0 unspecified atom stereocenters. The average molecular weight is 495 g/mol. The van der Waals surface area contributed by atoms with E-state index in [1.165, 1.54) is 0 Å². The van der Waals surface area contributed by atoms with Crippen LogP contribution in [0.25, 0.3) is 22.3 Å². The van der Waals surface area contributed by atoms with Gasteiger partial charge in [0.05, 0.1) is 29.8 Å². The Morgan fingerprint density at radius 2 is 2.00 bits per heavy atom. The molecule has 1 saturated heterocycles. The Balaban J connectivity index is 1.51. The van der Waals surface area contributed by atoms with Crippen LogP contribution in [0.1, 0.15) is 43.4 Å². The Morgan fingerprint density at radius 3 is 2.74 bits per heavy atom. The molecule has 4 aromatic rings. The third-order valence-corrected chi connectivity index (χ3v) is 7.19. The zero-order chi connectivity index (χ0) is 24.5. The highest BCUT2D eigenvalue weighted by molar-refractivity contribution is 6.29. The summed E-state index contributed by atoms with van der Waals surface area (Å²) in [4.78, 5) is 8.79. The standard InChI is InChI=1S/C25H27ClN6O3/c1-25(2)34-20-15(14-6-4-5-13(9-14)12-33)10-18(21(20)35-25)32-11-16(17-7-8-31(3)30-17)19-22(27)28-24(26)29-23(19)32/h4-9,11,15,18,20-21,33H,10,12H2,1-3H3,(H2,27,28,29)/t15-,18-,20-,21+/m1/s1. The number of fused-ring (bicyclic) bond motifs is 2. The normalized spacial score (nSPS) is 25.4. The first kappa shape index (κ1) is 22.5. The summed E-state index contributed by atoms with van der Waals surface area (Å²) in [6.07, 6.45) is 4.30. The van der Waals surface area contributed by atoms with Crippen molar-refractivity contribution in [2.75, 3.05) is 5.73 Å². The van der Waals surface area contributed by atoms with Crippen molar-refractivity contribution < 1.29 is 14.6 Å². The van der Waals surface area contributed by atoms with Crippen LogP contribution in [0.4, 0.5) is 5.82 Å². The lowest BCUT2D eigenvalue weighted by atomic mass is 9.94. The van der Waals surface area contributed by atoms with Gasteiger partial charge in [0.15, 0.2) is 5.79 Å². The molecule has 6 rings (SSSR count). The van der Waals surface area contributed by atoms with Crippen molar-refractivity contribution in [2.24, 2.45) is 7.05 Å². The number of ether oxygens (including phenoxy) is 2. The lowest BCUT2D eigenvalue weighted by Gasteiger charge is -2.25. The minimum absolute atomic E-state index is 0.00863. The van der Waals surface area contributed by atoms with E-state index in [2.05, 4.69) is 25.7 Å². The summed E-state index contributed by atoms with van der Waals surface area (Å²) in [5.74, 6) is -0.340. The van der Waals surface area contributed by atoms with Gasteiger partial charge in [-0.3, -0.25) is 4.68 Å². The van der Waals surface area contributed by atoms with Gasteiger partial charge in [-0.15, -0.1) is 0 Å². The van der Waals surface area contributed by atoms with Crippen molar-refractivity contribution in [2.45, 2.75) is 56.8 Å². The molecule has 2 fully saturated rings. The lowest BCUT2D eigenvalue weighted by molar-refractivity contribution is -0.157. The number of nitrogen functional groups attached to an aromatic ring is 1. The molecule has 1 saturated carbocycles. The van der Waals surface area contributed by atoms with Gasteiger partial charge < -0.3 is 24.9 Å². The average Bonchev–Trinajstić information content (AvgIpc) is 3.55. The lowest BCUT2D eigenvalue weighted by Crippen LogP contribution is -2.27. The molecule has 0 amide bonds. The number of aryl methyl sites for hydroxylation is 1. The molecule has 10 heteroatoms. The monoisotopic (exact) mass is 494 g/mol. The van der Waals surface area contributed by atoms with Gasteiger partial charge in [-0.1, -0.05) is 24.3 Å². The van der Waals surface area contributed by atoms with Gasteiger partial charge in [0.2, 0.25) is 5.28 Å². The number of aliphatic hydroxyl groups excluding tert-OH is 1. The summed E-state index contributed by atoms with van der Waals surface area (Å²) >= 11 is 6.26. The highest BCUT2D eigenvalue weighted by Gasteiger charge is 2.55. The number of benzene rings is 1. The Bertz CT molecular complexity index is 1430. The van der Waals surface area contributed by atoms with E-state index in [1.54, 1.807) is 4.68 Å². The molecule has 0 bridgehead atoms. The minimum Gasteiger partial charge on any atom is -0.392 e. The van der Waals surface area contributed by atoms with E-state index in [4.69, 9.17) is 26.8 Å². The second-order valence-corrected chi connectivity index (χ2v) is 10.1. The minimum atomic E-state index is -0.723. The van der Waals surface area contributed by atoms with Crippen LogP contribution in [-0.4, -0.2) is 47.4 Å². The molecular formula is C25H27ClN6O3. The topological polar surface area (TPSA) is 113 Å². The molecule has 182 valence electrons. The Hall–Kier alpha value is -2.98. The number of aromatic nitrogens is 5. The smallest absolute Gasteiger partial charge is 0.226 e. The number of halogens is 1. The summed E-state index contributed by atoms with van der Waals surface area (Å²) < 4.78 is 16.7. The number of nitrogens with zero attached hydrogens (tertiary/aromatic N) is 5. The van der Waals surface area contributed by atoms with Crippen LogP contribution < -0.4 is 5.73 Å². The van der Waals surface area contributed by atoms with Crippen LogP contribution in [0.5, 0.6) is 0 Å². The highest BCUT2D eigenvalue weighted by atomic mass is 35.5. The fourth-order valence-corrected chi connectivity index (χ4v) is 5.80. The first-order valence-electron chi connectivity index (χ1n) is 11.6. The van der Waals surface area contributed by atoms with Crippen molar-refractivity contribution in [3.05, 3.63) is 59.1 Å². The third kappa shape index (κ3) is 3.70. The van der Waals surface area contributed by atoms with Gasteiger partial charge in [0.1, 0.15) is 17.6 Å². The first-order valence-corrected chi connectivity index (χ1v) is 12.0. The van der Waals surface area contributed by atoms with Crippen molar-refractivity contribution >= 4 is 28.5 Å². The number of hydrogen-bond donors (Lipinski definition) is 2. The molecule has 2 aliphatic rings. The van der Waals surface area contributed by atoms with Crippen LogP contribution in [0.3, 0.4) is 0 Å². The molecule has 4 heterocycles. The van der Waals surface area contributed by atoms with Crippen molar-refractivity contribution in [1.29, 1.82) is 0 Å². The molecular weight excluding hydrogens is 468 g/mol. The maximum atomic E-state index is 9.68. The van der Waals surface area contributed by atoms with Gasteiger partial charge in [-0.05, 0) is 49.1 Å². The van der Waals surface area contributed by atoms with Gasteiger partial charge in [0, 0.05) is 30.9 Å². The molecule has 1 aliphatic heterocycles. The van der Waals surface area contributed by atoms with Crippen molar-refractivity contribution in [3.63, 3.8) is 0 Å². The molecule has 1 aromatic carbocycles. The first-order chi connectivity index (χ1) is 16.7. The summed E-state index contributed by atoms with van der Waals surface area (Å²) in [5, 5.41) is 15.1. The highest BCUT2D eigenvalue weighted by Crippen LogP contribution is 2.52. The van der Waals surface area contributed by atoms with E-state index >= 15 is 0 Å². The zero-order valence-electron chi connectivity index (χ0n) is 19.7. The fourth-order valence-electron chi connectivity index (χ4n) is 5.63. The van der Waals surface area contributed by atoms with Crippen LogP contribution in [-0.2, 0) is 23.1 Å². The molecule has 4 atom stereocenters. The van der Waals surface area contributed by atoms with Crippen LogP contribution in [0, 0.1) is 0 Å². The van der Waals surface area contributed by atoms with Gasteiger partial charge in [-0.25, -0.2) is 4.98 Å². The van der Waals surface area contributed by atoms with Gasteiger partial charge in [-0.2, -0.15) is 10.1 Å². The number of rotatable bonds is 4. The fraction of sp³-hybridized carbons (Fsp3) is 0.400. The van der Waals surface area contributed by atoms with E-state index in [0.29, 0.717) is 16.9 Å². The number of hydrogen-bond acceptors (Lipinski definition) is 7. The van der Waals surface area contributed by atoms with Gasteiger partial charge >= 0.3 is 0 Å². The van der Waals surface area contributed by atoms with Crippen LogP contribution >= 0.6 is 11.6 Å². The molecule has 3 N–H and O–H groups in total. The van der Waals surface area contributed by atoms with Crippen LogP contribution in [0.15, 0.2) is 42.7 Å².